The first-order valence-corrected chi connectivity index (χ1v) is 6.58. The predicted octanol–water partition coefficient (Wildman–Crippen LogP) is 3.26. The van der Waals surface area contributed by atoms with Gasteiger partial charge in [-0.15, -0.1) is 0 Å². The minimum absolute atomic E-state index is 0.0280. The summed E-state index contributed by atoms with van der Waals surface area (Å²) < 4.78 is 0. The van der Waals surface area contributed by atoms with Gasteiger partial charge in [0.25, 0.3) is 0 Å². The number of benzene rings is 1. The van der Waals surface area contributed by atoms with Gasteiger partial charge >= 0.3 is 0 Å². The number of rotatable bonds is 3. The molecule has 2 rings (SSSR count). The van der Waals surface area contributed by atoms with Crippen molar-refractivity contribution in [1.29, 1.82) is 0 Å². The minimum Gasteiger partial charge on any atom is -0.321 e. The SMILES string of the molecule is CC(N)C(=O)c1ccc(C2CCCCC2)cc1. The Balaban J connectivity index is 2.09. The molecule has 0 bridgehead atoms. The highest BCUT2D eigenvalue weighted by Crippen LogP contribution is 2.32. The van der Waals surface area contributed by atoms with Crippen LogP contribution in [0.5, 0.6) is 0 Å². The summed E-state index contributed by atoms with van der Waals surface area (Å²) >= 11 is 0. The maximum Gasteiger partial charge on any atom is 0.179 e. The summed E-state index contributed by atoms with van der Waals surface area (Å²) in [7, 11) is 0. The Morgan fingerprint density at radius 1 is 1.18 bits per heavy atom. The van der Waals surface area contributed by atoms with Crippen molar-refractivity contribution in [2.75, 3.05) is 0 Å². The van der Waals surface area contributed by atoms with Gasteiger partial charge in [0.05, 0.1) is 6.04 Å². The molecule has 1 fully saturated rings. The van der Waals surface area contributed by atoms with Crippen LogP contribution in [-0.4, -0.2) is 11.8 Å². The topological polar surface area (TPSA) is 43.1 Å². The van der Waals surface area contributed by atoms with Crippen LogP contribution >= 0.6 is 0 Å². The van der Waals surface area contributed by atoms with E-state index in [2.05, 4.69) is 12.1 Å². The average molecular weight is 231 g/mol. The van der Waals surface area contributed by atoms with Crippen LogP contribution in [-0.2, 0) is 0 Å². The number of ketones is 1. The first kappa shape index (κ1) is 12.3. The minimum atomic E-state index is -0.407. The molecule has 0 radical (unpaired) electrons. The van der Waals surface area contributed by atoms with Gasteiger partial charge in [0.2, 0.25) is 0 Å². The zero-order valence-corrected chi connectivity index (χ0v) is 10.5. The Morgan fingerprint density at radius 2 is 1.76 bits per heavy atom. The average Bonchev–Trinajstić information content (AvgIpc) is 2.39. The van der Waals surface area contributed by atoms with Crippen LogP contribution in [0.3, 0.4) is 0 Å². The van der Waals surface area contributed by atoms with E-state index in [9.17, 15) is 4.79 Å². The van der Waals surface area contributed by atoms with Crippen molar-refractivity contribution in [2.45, 2.75) is 51.0 Å². The van der Waals surface area contributed by atoms with Crippen LogP contribution in [0.2, 0.25) is 0 Å². The van der Waals surface area contributed by atoms with Crippen molar-refractivity contribution < 1.29 is 4.79 Å². The Kier molecular flexibility index (Phi) is 3.95. The van der Waals surface area contributed by atoms with Crippen LogP contribution < -0.4 is 5.73 Å². The molecule has 1 aromatic carbocycles. The van der Waals surface area contributed by atoms with Crippen LogP contribution in [0.4, 0.5) is 0 Å². The van der Waals surface area contributed by atoms with E-state index in [1.165, 1.54) is 37.7 Å². The summed E-state index contributed by atoms with van der Waals surface area (Å²) in [6, 6.07) is 7.65. The van der Waals surface area contributed by atoms with Crippen LogP contribution in [0.1, 0.15) is 60.9 Å². The standard InChI is InChI=1S/C15H21NO/c1-11(16)15(17)14-9-7-13(8-10-14)12-5-3-2-4-6-12/h7-12H,2-6,16H2,1H3. The lowest BCUT2D eigenvalue weighted by Crippen LogP contribution is -2.26. The highest BCUT2D eigenvalue weighted by Gasteiger charge is 2.16. The Bertz CT molecular complexity index is 374. The molecule has 92 valence electrons. The third-order valence-electron chi connectivity index (χ3n) is 3.69. The second kappa shape index (κ2) is 5.46. The van der Waals surface area contributed by atoms with Gasteiger partial charge < -0.3 is 5.73 Å². The molecule has 1 aliphatic carbocycles. The molecule has 0 heterocycles. The van der Waals surface area contributed by atoms with E-state index in [4.69, 9.17) is 5.73 Å². The van der Waals surface area contributed by atoms with Gasteiger partial charge in [0.15, 0.2) is 5.78 Å². The molecule has 1 unspecified atom stereocenters. The lowest BCUT2D eigenvalue weighted by molar-refractivity contribution is 0.0968. The van der Waals surface area contributed by atoms with E-state index in [0.717, 1.165) is 5.56 Å². The van der Waals surface area contributed by atoms with Crippen LogP contribution in [0, 0.1) is 0 Å². The summed E-state index contributed by atoms with van der Waals surface area (Å²) in [5.74, 6) is 0.725. The third-order valence-corrected chi connectivity index (χ3v) is 3.69. The maximum absolute atomic E-state index is 11.7. The van der Waals surface area contributed by atoms with Crippen molar-refractivity contribution in [3.8, 4) is 0 Å². The van der Waals surface area contributed by atoms with Gasteiger partial charge in [-0.1, -0.05) is 43.5 Å². The summed E-state index contributed by atoms with van der Waals surface area (Å²) in [6.07, 6.45) is 6.63. The molecular weight excluding hydrogens is 210 g/mol. The molecule has 0 saturated heterocycles. The van der Waals surface area contributed by atoms with Gasteiger partial charge in [-0.3, -0.25) is 4.79 Å². The van der Waals surface area contributed by atoms with Crippen LogP contribution in [0.15, 0.2) is 24.3 Å². The Hall–Kier alpha value is -1.15. The molecule has 2 N–H and O–H groups in total. The maximum atomic E-state index is 11.7. The monoisotopic (exact) mass is 231 g/mol. The van der Waals surface area contributed by atoms with Crippen molar-refractivity contribution >= 4 is 5.78 Å². The predicted molar refractivity (Wildman–Crippen MR) is 70.2 cm³/mol. The van der Waals surface area contributed by atoms with E-state index >= 15 is 0 Å². The highest BCUT2D eigenvalue weighted by molar-refractivity contribution is 5.99. The van der Waals surface area contributed by atoms with Crippen molar-refractivity contribution in [3.63, 3.8) is 0 Å². The zero-order chi connectivity index (χ0) is 12.3. The molecule has 2 nitrogen and oxygen atoms in total. The largest absolute Gasteiger partial charge is 0.321 e. The fourth-order valence-electron chi connectivity index (χ4n) is 2.62. The van der Waals surface area contributed by atoms with E-state index in [1.54, 1.807) is 6.92 Å². The smallest absolute Gasteiger partial charge is 0.179 e. The highest BCUT2D eigenvalue weighted by atomic mass is 16.1. The molecule has 0 amide bonds. The Labute approximate surface area is 103 Å². The van der Waals surface area contributed by atoms with Gasteiger partial charge in [-0.25, -0.2) is 0 Å². The second-order valence-corrected chi connectivity index (χ2v) is 5.11. The van der Waals surface area contributed by atoms with Crippen LogP contribution in [0.25, 0.3) is 0 Å². The number of hydrogen-bond donors (Lipinski definition) is 1. The first-order chi connectivity index (χ1) is 8.18. The molecular formula is C15H21NO. The van der Waals surface area contributed by atoms with Gasteiger partial charge in [-0.05, 0) is 31.2 Å². The van der Waals surface area contributed by atoms with Gasteiger partial charge in [-0.2, -0.15) is 0 Å². The number of carbonyl (C=O) groups is 1. The molecule has 0 spiro atoms. The quantitative estimate of drug-likeness (QED) is 0.811. The molecule has 1 aromatic rings. The summed E-state index contributed by atoms with van der Waals surface area (Å²) in [6.45, 7) is 1.73. The fraction of sp³-hybridized carbons (Fsp3) is 0.533. The normalized spacial score (nSPS) is 18.9. The summed E-state index contributed by atoms with van der Waals surface area (Å²) in [5, 5.41) is 0. The second-order valence-electron chi connectivity index (χ2n) is 5.11. The molecule has 0 aromatic heterocycles. The molecule has 1 atom stereocenters. The Morgan fingerprint density at radius 3 is 2.29 bits per heavy atom. The zero-order valence-electron chi connectivity index (χ0n) is 10.5. The molecule has 0 aliphatic heterocycles. The lowest BCUT2D eigenvalue weighted by atomic mass is 9.84. The van der Waals surface area contributed by atoms with E-state index in [1.807, 2.05) is 12.1 Å². The van der Waals surface area contributed by atoms with Crippen molar-refractivity contribution in [2.24, 2.45) is 5.73 Å². The molecule has 1 aliphatic rings. The van der Waals surface area contributed by atoms with Crippen molar-refractivity contribution in [3.05, 3.63) is 35.4 Å². The first-order valence-electron chi connectivity index (χ1n) is 6.58. The number of Topliss-reactive ketones (excluding diaryl/α,β-unsaturated/α-hetero) is 1. The molecule has 17 heavy (non-hydrogen) atoms. The van der Waals surface area contributed by atoms with E-state index < -0.39 is 6.04 Å². The summed E-state index contributed by atoms with van der Waals surface area (Å²) in [4.78, 5) is 11.7. The third kappa shape index (κ3) is 2.95. The lowest BCUT2D eigenvalue weighted by Gasteiger charge is -2.22. The van der Waals surface area contributed by atoms with E-state index in [-0.39, 0.29) is 5.78 Å². The molecule has 1 saturated carbocycles. The van der Waals surface area contributed by atoms with Gasteiger partial charge in [0.1, 0.15) is 0 Å². The number of nitrogens with two attached hydrogens (primary N) is 1. The fourth-order valence-corrected chi connectivity index (χ4v) is 2.62. The number of hydrogen-bond acceptors (Lipinski definition) is 2. The summed E-state index contributed by atoms with van der Waals surface area (Å²) in [5.41, 5.74) is 7.72. The molecule has 2 heteroatoms. The van der Waals surface area contributed by atoms with E-state index in [0.29, 0.717) is 5.92 Å². The van der Waals surface area contributed by atoms with Gasteiger partial charge in [0, 0.05) is 5.56 Å². The number of carbonyl (C=O) groups excluding carboxylic acids is 1. The van der Waals surface area contributed by atoms with Crippen molar-refractivity contribution in [1.82, 2.24) is 0 Å².